The lowest BCUT2D eigenvalue weighted by Gasteiger charge is -2.24. The molecule has 0 aromatic heterocycles. The van der Waals surface area contributed by atoms with E-state index in [0.29, 0.717) is 6.42 Å². The standard InChI is InChI=1S/2C11H14O2/c1-9(12)13-11(2,3)10-7-5-4-6-8-10;1-11(2,10(12)13)8-9-6-4-3-5-7-9/h4-8H,1-3H3;3-7H,8H2,1-2H3,(H,12,13). The number of benzene rings is 2. The Bertz CT molecular complexity index is 703. The summed E-state index contributed by atoms with van der Waals surface area (Å²) >= 11 is 0. The fourth-order valence-corrected chi connectivity index (χ4v) is 2.44. The van der Waals surface area contributed by atoms with Gasteiger partial charge in [-0.1, -0.05) is 60.7 Å². The van der Waals surface area contributed by atoms with Gasteiger partial charge in [0.1, 0.15) is 5.60 Å². The molecule has 2 rings (SSSR count). The predicted octanol–water partition coefficient (Wildman–Crippen LogP) is 4.82. The average Bonchev–Trinajstić information content (AvgIpc) is 2.55. The molecule has 0 fully saturated rings. The topological polar surface area (TPSA) is 63.6 Å². The third-order valence-electron chi connectivity index (χ3n) is 3.94. The zero-order valence-electron chi connectivity index (χ0n) is 16.2. The van der Waals surface area contributed by atoms with E-state index in [1.54, 1.807) is 13.8 Å². The van der Waals surface area contributed by atoms with Crippen molar-refractivity contribution in [2.45, 2.75) is 46.6 Å². The summed E-state index contributed by atoms with van der Waals surface area (Å²) in [5.74, 6) is -1.01. The van der Waals surface area contributed by atoms with Gasteiger partial charge in [-0.2, -0.15) is 0 Å². The number of hydrogen-bond acceptors (Lipinski definition) is 3. The van der Waals surface area contributed by atoms with Gasteiger partial charge in [0.25, 0.3) is 0 Å². The van der Waals surface area contributed by atoms with E-state index in [-0.39, 0.29) is 5.97 Å². The Kier molecular flexibility index (Phi) is 7.56. The van der Waals surface area contributed by atoms with Gasteiger partial charge in [-0.15, -0.1) is 0 Å². The molecule has 0 atom stereocenters. The second kappa shape index (κ2) is 9.18. The highest BCUT2D eigenvalue weighted by molar-refractivity contribution is 5.74. The van der Waals surface area contributed by atoms with Crippen molar-refractivity contribution in [2.24, 2.45) is 5.41 Å². The first-order chi connectivity index (χ1) is 12.0. The van der Waals surface area contributed by atoms with Gasteiger partial charge in [-0.25, -0.2) is 0 Å². The van der Waals surface area contributed by atoms with Gasteiger partial charge in [0.05, 0.1) is 5.41 Å². The van der Waals surface area contributed by atoms with E-state index in [1.807, 2.05) is 74.5 Å². The largest absolute Gasteiger partial charge is 0.481 e. The summed E-state index contributed by atoms with van der Waals surface area (Å²) in [6.45, 7) is 8.66. The molecule has 0 aliphatic rings. The van der Waals surface area contributed by atoms with Crippen LogP contribution in [0.2, 0.25) is 0 Å². The minimum Gasteiger partial charge on any atom is -0.481 e. The number of carboxylic acid groups (broad SMARTS) is 1. The molecule has 0 radical (unpaired) electrons. The number of carbonyl (C=O) groups is 2. The SMILES string of the molecule is CC(=O)OC(C)(C)c1ccccc1.CC(C)(Cc1ccccc1)C(=O)O. The molecule has 0 bridgehead atoms. The first-order valence-corrected chi connectivity index (χ1v) is 8.57. The third kappa shape index (κ3) is 7.09. The number of carbonyl (C=O) groups excluding carboxylic acids is 1. The van der Waals surface area contributed by atoms with E-state index in [2.05, 4.69) is 0 Å². The zero-order chi connectivity index (χ0) is 19.8. The molecule has 0 saturated carbocycles. The molecule has 0 aliphatic heterocycles. The van der Waals surface area contributed by atoms with E-state index in [4.69, 9.17) is 9.84 Å². The molecule has 1 N–H and O–H groups in total. The Morgan fingerprint density at radius 1 is 0.885 bits per heavy atom. The molecule has 26 heavy (non-hydrogen) atoms. The Hall–Kier alpha value is -2.62. The lowest BCUT2D eigenvalue weighted by molar-refractivity contribution is -0.154. The molecule has 0 amide bonds. The molecule has 0 heterocycles. The third-order valence-corrected chi connectivity index (χ3v) is 3.94. The van der Waals surface area contributed by atoms with Crippen molar-refractivity contribution in [2.75, 3.05) is 0 Å². The van der Waals surface area contributed by atoms with Crippen LogP contribution in [0, 0.1) is 5.41 Å². The lowest BCUT2D eigenvalue weighted by Crippen LogP contribution is -2.26. The van der Waals surface area contributed by atoms with Crippen LogP contribution in [0.4, 0.5) is 0 Å². The number of aliphatic carboxylic acids is 1. The van der Waals surface area contributed by atoms with Crippen molar-refractivity contribution in [3.8, 4) is 0 Å². The van der Waals surface area contributed by atoms with Gasteiger partial charge < -0.3 is 9.84 Å². The molecule has 4 nitrogen and oxygen atoms in total. The Balaban J connectivity index is 0.000000260. The predicted molar refractivity (Wildman–Crippen MR) is 103 cm³/mol. The summed E-state index contributed by atoms with van der Waals surface area (Å²) < 4.78 is 5.18. The second-order valence-corrected chi connectivity index (χ2v) is 7.32. The molecular formula is C22H28O4. The molecule has 0 aliphatic carbocycles. The van der Waals surface area contributed by atoms with Crippen molar-refractivity contribution in [3.05, 3.63) is 71.8 Å². The fourth-order valence-electron chi connectivity index (χ4n) is 2.44. The molecule has 2 aromatic rings. The van der Waals surface area contributed by atoms with E-state index < -0.39 is 17.0 Å². The van der Waals surface area contributed by atoms with Gasteiger partial charge in [-0.05, 0) is 45.2 Å². The minimum atomic E-state index is -0.753. The highest BCUT2D eigenvalue weighted by Gasteiger charge is 2.27. The molecule has 2 aromatic carbocycles. The average molecular weight is 356 g/mol. The van der Waals surface area contributed by atoms with Crippen LogP contribution >= 0.6 is 0 Å². The van der Waals surface area contributed by atoms with E-state index in [9.17, 15) is 9.59 Å². The number of carboxylic acids is 1. The maximum Gasteiger partial charge on any atom is 0.309 e. The van der Waals surface area contributed by atoms with E-state index in [0.717, 1.165) is 11.1 Å². The summed E-state index contributed by atoms with van der Waals surface area (Å²) in [6, 6.07) is 19.4. The van der Waals surface area contributed by atoms with Gasteiger partial charge >= 0.3 is 11.9 Å². The maximum atomic E-state index is 10.8. The van der Waals surface area contributed by atoms with Crippen molar-refractivity contribution in [1.82, 2.24) is 0 Å². The van der Waals surface area contributed by atoms with Crippen LogP contribution in [-0.2, 0) is 26.3 Å². The summed E-state index contributed by atoms with van der Waals surface area (Å²) in [6.07, 6.45) is 0.573. The van der Waals surface area contributed by atoms with Gasteiger partial charge in [0, 0.05) is 6.92 Å². The first-order valence-electron chi connectivity index (χ1n) is 8.57. The van der Waals surface area contributed by atoms with Crippen LogP contribution in [-0.4, -0.2) is 17.0 Å². The molecule has 140 valence electrons. The summed E-state index contributed by atoms with van der Waals surface area (Å²) in [7, 11) is 0. The fraction of sp³-hybridized carbons (Fsp3) is 0.364. The molecule has 0 spiro atoms. The second-order valence-electron chi connectivity index (χ2n) is 7.32. The van der Waals surface area contributed by atoms with Crippen molar-refractivity contribution in [1.29, 1.82) is 0 Å². The lowest BCUT2D eigenvalue weighted by atomic mass is 9.86. The number of hydrogen-bond donors (Lipinski definition) is 1. The van der Waals surface area contributed by atoms with Crippen molar-refractivity contribution in [3.63, 3.8) is 0 Å². The van der Waals surface area contributed by atoms with Crippen LogP contribution in [0.25, 0.3) is 0 Å². The highest BCUT2D eigenvalue weighted by atomic mass is 16.6. The molecule has 0 saturated heterocycles. The van der Waals surface area contributed by atoms with Gasteiger partial charge in [-0.3, -0.25) is 9.59 Å². The van der Waals surface area contributed by atoms with Crippen LogP contribution < -0.4 is 0 Å². The summed E-state index contributed by atoms with van der Waals surface area (Å²) in [4.78, 5) is 21.6. The van der Waals surface area contributed by atoms with Crippen LogP contribution in [0.15, 0.2) is 60.7 Å². The quantitative estimate of drug-likeness (QED) is 0.780. The summed E-state index contributed by atoms with van der Waals surface area (Å²) in [5.41, 5.74) is 0.856. The first kappa shape index (κ1) is 21.4. The van der Waals surface area contributed by atoms with Gasteiger partial charge in [0.15, 0.2) is 0 Å². The van der Waals surface area contributed by atoms with Crippen molar-refractivity contribution >= 4 is 11.9 Å². The Morgan fingerprint density at radius 2 is 1.35 bits per heavy atom. The zero-order valence-corrected chi connectivity index (χ0v) is 16.2. The molecule has 0 unspecified atom stereocenters. The van der Waals surface area contributed by atoms with Crippen LogP contribution in [0.1, 0.15) is 45.7 Å². The maximum absolute atomic E-state index is 10.8. The summed E-state index contributed by atoms with van der Waals surface area (Å²) in [5, 5.41) is 8.90. The van der Waals surface area contributed by atoms with Crippen molar-refractivity contribution < 1.29 is 19.4 Å². The Morgan fingerprint density at radius 3 is 1.77 bits per heavy atom. The van der Waals surface area contributed by atoms with Crippen LogP contribution in [0.3, 0.4) is 0 Å². The highest BCUT2D eigenvalue weighted by Crippen LogP contribution is 2.24. The molecular weight excluding hydrogens is 328 g/mol. The smallest absolute Gasteiger partial charge is 0.309 e. The number of rotatable bonds is 5. The number of ether oxygens (including phenoxy) is 1. The van der Waals surface area contributed by atoms with Crippen LogP contribution in [0.5, 0.6) is 0 Å². The van der Waals surface area contributed by atoms with Gasteiger partial charge in [0.2, 0.25) is 0 Å². The molecule has 4 heteroatoms. The number of esters is 1. The Labute approximate surface area is 155 Å². The monoisotopic (exact) mass is 356 g/mol. The normalized spacial score (nSPS) is 11.1. The minimum absolute atomic E-state index is 0.256. The van der Waals surface area contributed by atoms with E-state index in [1.165, 1.54) is 6.92 Å². The van der Waals surface area contributed by atoms with E-state index >= 15 is 0 Å².